The van der Waals surface area contributed by atoms with Gasteiger partial charge in [0.15, 0.2) is 6.10 Å². The summed E-state index contributed by atoms with van der Waals surface area (Å²) in [7, 11) is 0. The maximum atomic E-state index is 12.2. The normalized spacial score (nSPS) is 31.3. The van der Waals surface area contributed by atoms with E-state index in [-0.39, 0.29) is 18.2 Å². The molecule has 138 valence electrons. The van der Waals surface area contributed by atoms with Gasteiger partial charge in [0.1, 0.15) is 12.9 Å². The Hall–Kier alpha value is -3.05. The lowest BCUT2D eigenvalue weighted by Crippen LogP contribution is -2.27. The number of rotatable bonds is 5. The van der Waals surface area contributed by atoms with E-state index in [1.54, 1.807) is 11.0 Å². The predicted molar refractivity (Wildman–Crippen MR) is 94.2 cm³/mol. The first-order chi connectivity index (χ1) is 13.2. The quantitative estimate of drug-likeness (QED) is 0.816. The number of hydrogen-bond acceptors (Lipinski definition) is 6. The molecule has 1 aliphatic carbocycles. The molecule has 1 saturated carbocycles. The summed E-state index contributed by atoms with van der Waals surface area (Å²) in [6.45, 7) is 10.1. The summed E-state index contributed by atoms with van der Waals surface area (Å²) in [4.78, 5) is 17.8. The number of piperidine rings is 1. The number of aromatic nitrogens is 1. The highest BCUT2D eigenvalue weighted by Gasteiger charge is 2.75. The number of carbonyl (C=O) groups is 1. The zero-order valence-corrected chi connectivity index (χ0v) is 14.5. The number of ether oxygens (including phenoxy) is 2. The van der Waals surface area contributed by atoms with Crippen molar-refractivity contribution in [1.29, 1.82) is 0 Å². The minimum Gasteiger partial charge on any atom is -0.471 e. The number of nitrogens with one attached hydrogen (secondary N) is 1. The second kappa shape index (κ2) is 5.99. The summed E-state index contributed by atoms with van der Waals surface area (Å²) in [5, 5.41) is 7.00. The van der Waals surface area contributed by atoms with Crippen LogP contribution in [-0.4, -0.2) is 43.6 Å². The first kappa shape index (κ1) is 16.1. The molecule has 1 N–H and O–H groups in total. The van der Waals surface area contributed by atoms with E-state index in [9.17, 15) is 4.79 Å². The monoisotopic (exact) mass is 366 g/mol. The van der Waals surface area contributed by atoms with Crippen LogP contribution in [0.2, 0.25) is 0 Å². The third-order valence-corrected chi connectivity index (χ3v) is 5.77. The van der Waals surface area contributed by atoms with Gasteiger partial charge in [-0.05, 0) is 29.4 Å². The Morgan fingerprint density at radius 3 is 2.74 bits per heavy atom. The van der Waals surface area contributed by atoms with Gasteiger partial charge in [0.05, 0.1) is 18.4 Å². The van der Waals surface area contributed by atoms with Crippen molar-refractivity contribution in [2.24, 2.45) is 11.8 Å². The molecule has 2 aromatic rings. The van der Waals surface area contributed by atoms with Crippen molar-refractivity contribution >= 4 is 11.8 Å². The average Bonchev–Trinajstić information content (AvgIpc) is 3.23. The highest BCUT2D eigenvalue weighted by molar-refractivity contribution is 5.89. The fourth-order valence-electron chi connectivity index (χ4n) is 4.35. The lowest BCUT2D eigenvalue weighted by molar-refractivity contribution is 0.102. The number of amides is 1. The third kappa shape index (κ3) is 2.46. The van der Waals surface area contributed by atoms with Gasteiger partial charge in [0.25, 0.3) is 11.4 Å². The third-order valence-electron chi connectivity index (χ3n) is 5.77. The van der Waals surface area contributed by atoms with Gasteiger partial charge in [-0.1, -0.05) is 0 Å². The minimum absolute atomic E-state index is 0.212. The molecule has 3 aliphatic rings. The van der Waals surface area contributed by atoms with Crippen LogP contribution in [0, 0.1) is 18.4 Å². The molecule has 1 aromatic carbocycles. The highest BCUT2D eigenvalue weighted by Crippen LogP contribution is 2.62. The Morgan fingerprint density at radius 1 is 1.30 bits per heavy atom. The maximum Gasteiger partial charge on any atom is 0.414 e. The van der Waals surface area contributed by atoms with E-state index < -0.39 is 6.09 Å². The molecular weight excluding hydrogens is 348 g/mol. The Kier molecular flexibility index (Phi) is 3.58. The Balaban J connectivity index is 1.27. The van der Waals surface area contributed by atoms with Crippen molar-refractivity contribution in [2.45, 2.75) is 11.6 Å². The number of anilines is 1. The van der Waals surface area contributed by atoms with Crippen molar-refractivity contribution in [1.82, 2.24) is 10.5 Å². The Labute approximate surface area is 155 Å². The van der Waals surface area contributed by atoms with Crippen LogP contribution < -0.4 is 15.0 Å². The maximum absolute atomic E-state index is 12.2. The summed E-state index contributed by atoms with van der Waals surface area (Å²) >= 11 is 0. The van der Waals surface area contributed by atoms with Crippen molar-refractivity contribution in [3.05, 3.63) is 53.6 Å². The van der Waals surface area contributed by atoms with Gasteiger partial charge in [0.2, 0.25) is 0 Å². The number of fused-ring (bicyclic) bond motifs is 1. The second-order valence-electron chi connectivity index (χ2n) is 7.12. The van der Waals surface area contributed by atoms with E-state index in [0.717, 1.165) is 24.3 Å². The van der Waals surface area contributed by atoms with Gasteiger partial charge < -0.3 is 24.2 Å². The van der Waals surface area contributed by atoms with Gasteiger partial charge in [-0.15, -0.1) is 0 Å². The molecule has 1 aromatic heterocycles. The average molecular weight is 366 g/mol. The van der Waals surface area contributed by atoms with Crippen molar-refractivity contribution < 1.29 is 18.8 Å². The van der Waals surface area contributed by atoms with Crippen molar-refractivity contribution in [3.8, 4) is 5.88 Å². The molecule has 1 unspecified atom stereocenters. The fraction of sp³-hybridized carbons (Fsp3) is 0.421. The Morgan fingerprint density at radius 2 is 2.07 bits per heavy atom. The molecule has 8 heteroatoms. The van der Waals surface area contributed by atoms with Crippen LogP contribution in [-0.2, 0) is 10.3 Å². The molecule has 3 fully saturated rings. The van der Waals surface area contributed by atoms with Crippen LogP contribution >= 0.6 is 0 Å². The first-order valence-corrected chi connectivity index (χ1v) is 8.93. The molecule has 27 heavy (non-hydrogen) atoms. The van der Waals surface area contributed by atoms with Crippen LogP contribution in [0.1, 0.15) is 5.56 Å². The van der Waals surface area contributed by atoms with E-state index in [1.807, 2.05) is 24.3 Å². The van der Waals surface area contributed by atoms with Gasteiger partial charge in [-0.3, -0.25) is 4.90 Å². The van der Waals surface area contributed by atoms with E-state index in [2.05, 4.69) is 15.3 Å². The topological polar surface area (TPSA) is 81.2 Å². The summed E-state index contributed by atoms with van der Waals surface area (Å²) in [6.07, 6.45) is 0.644. The van der Waals surface area contributed by atoms with E-state index in [0.29, 0.717) is 24.3 Å². The lowest BCUT2D eigenvalue weighted by atomic mass is 10.00. The number of carbonyl (C=O) groups excluding carboxylic acids is 1. The number of hydrogen-bond donors (Lipinski definition) is 1. The summed E-state index contributed by atoms with van der Waals surface area (Å²) in [5.74, 6) is 1.16. The van der Waals surface area contributed by atoms with Crippen LogP contribution in [0.15, 0.2) is 41.1 Å². The SMILES string of the molecule is [C-]#[N+]C1(c2ccc(N3C[C@H](COc4ccon4)OC3=O)cc2)[C@@H]2CNC[C@@H]21. The highest BCUT2D eigenvalue weighted by atomic mass is 16.6. The molecule has 3 heterocycles. The largest absolute Gasteiger partial charge is 0.471 e. The second-order valence-corrected chi connectivity index (χ2v) is 7.12. The molecule has 2 saturated heterocycles. The molecule has 1 amide bonds. The number of cyclic esters (lactones) is 1. The van der Waals surface area contributed by atoms with Crippen LogP contribution in [0.3, 0.4) is 0 Å². The molecule has 4 atom stereocenters. The smallest absolute Gasteiger partial charge is 0.414 e. The standard InChI is InChI=1S/C19H18N4O4/c1-20-19(15-8-21-9-16(15)19)12-2-4-13(5-3-12)23-10-14(27-18(23)24)11-25-17-6-7-26-22-17/h2-7,14-16,21H,8-11H2/t14-,15-,16+,19?/m1/s1. The number of nitrogens with zero attached hydrogens (tertiary/aromatic N) is 3. The summed E-state index contributed by atoms with van der Waals surface area (Å²) in [5.41, 5.74) is 1.41. The van der Waals surface area contributed by atoms with Gasteiger partial charge in [-0.2, -0.15) is 0 Å². The molecule has 0 radical (unpaired) electrons. The van der Waals surface area contributed by atoms with Crippen LogP contribution in [0.25, 0.3) is 4.85 Å². The van der Waals surface area contributed by atoms with Gasteiger partial charge >= 0.3 is 6.09 Å². The van der Waals surface area contributed by atoms with E-state index in [1.165, 1.54) is 6.26 Å². The molecule has 0 bridgehead atoms. The van der Waals surface area contributed by atoms with Gasteiger partial charge in [0, 0.05) is 30.4 Å². The molecule has 8 nitrogen and oxygen atoms in total. The summed E-state index contributed by atoms with van der Waals surface area (Å²) in [6, 6.07) is 9.33. The fourth-order valence-corrected chi connectivity index (χ4v) is 4.35. The minimum atomic E-state index is -0.399. The van der Waals surface area contributed by atoms with Crippen molar-refractivity contribution in [3.63, 3.8) is 0 Å². The number of benzene rings is 1. The van der Waals surface area contributed by atoms with Crippen molar-refractivity contribution in [2.75, 3.05) is 31.1 Å². The molecule has 5 rings (SSSR count). The predicted octanol–water partition coefficient (Wildman–Crippen LogP) is 2.04. The first-order valence-electron chi connectivity index (χ1n) is 8.93. The molecule has 2 aliphatic heterocycles. The van der Waals surface area contributed by atoms with Gasteiger partial charge in [-0.25, -0.2) is 11.4 Å². The summed E-state index contributed by atoms with van der Waals surface area (Å²) < 4.78 is 15.5. The molecule has 0 spiro atoms. The van der Waals surface area contributed by atoms with E-state index >= 15 is 0 Å². The van der Waals surface area contributed by atoms with Crippen LogP contribution in [0.4, 0.5) is 10.5 Å². The zero-order valence-electron chi connectivity index (χ0n) is 14.5. The zero-order chi connectivity index (χ0) is 18.4. The van der Waals surface area contributed by atoms with E-state index in [4.69, 9.17) is 20.6 Å². The molecular formula is C19H18N4O4. The Bertz CT molecular complexity index is 879. The van der Waals surface area contributed by atoms with Crippen LogP contribution in [0.5, 0.6) is 5.88 Å². The lowest BCUT2D eigenvalue weighted by Gasteiger charge is -2.15.